The van der Waals surface area contributed by atoms with E-state index < -0.39 is 0 Å². The molecule has 0 bridgehead atoms. The van der Waals surface area contributed by atoms with Crippen molar-refractivity contribution in [2.75, 3.05) is 26.2 Å². The molecule has 0 radical (unpaired) electrons. The number of phenols is 1. The summed E-state index contributed by atoms with van der Waals surface area (Å²) in [4.78, 5) is 2.40. The zero-order valence-corrected chi connectivity index (χ0v) is 12.5. The molecule has 18 heavy (non-hydrogen) atoms. The molecule has 1 aromatic carbocycles. The lowest BCUT2D eigenvalue weighted by atomic mass is 10.0. The smallest absolute Gasteiger partial charge is 0.120 e. The second-order valence-electron chi connectivity index (χ2n) is 4.52. The fraction of sp³-hybridized carbons (Fsp3) is 0.538. The summed E-state index contributed by atoms with van der Waals surface area (Å²) in [7, 11) is 0. The van der Waals surface area contributed by atoms with E-state index in [9.17, 15) is 5.11 Å². The van der Waals surface area contributed by atoms with E-state index in [0.29, 0.717) is 11.8 Å². The van der Waals surface area contributed by atoms with Crippen molar-refractivity contribution in [3.05, 3.63) is 29.3 Å². The number of halogens is 2. The molecule has 3 nitrogen and oxygen atoms in total. The third kappa shape index (κ3) is 4.02. The summed E-state index contributed by atoms with van der Waals surface area (Å²) >= 11 is 0. The molecule has 0 aliphatic carbocycles. The maximum Gasteiger partial charge on any atom is 0.120 e. The topological polar surface area (TPSA) is 35.5 Å². The van der Waals surface area contributed by atoms with Gasteiger partial charge < -0.3 is 10.4 Å². The van der Waals surface area contributed by atoms with Crippen molar-refractivity contribution in [2.24, 2.45) is 0 Å². The molecule has 1 aromatic rings. The highest BCUT2D eigenvalue weighted by atomic mass is 35.5. The minimum absolute atomic E-state index is 0. The minimum atomic E-state index is 0. The number of rotatable bonds is 2. The number of aryl methyl sites for hydroxylation is 1. The average Bonchev–Trinajstić information content (AvgIpc) is 2.29. The van der Waals surface area contributed by atoms with Gasteiger partial charge in [0.25, 0.3) is 0 Å². The first-order valence-corrected chi connectivity index (χ1v) is 5.93. The quantitative estimate of drug-likeness (QED) is 0.879. The van der Waals surface area contributed by atoms with Crippen LogP contribution in [0.1, 0.15) is 24.1 Å². The molecule has 2 rings (SSSR count). The number of hydrogen-bond acceptors (Lipinski definition) is 3. The van der Waals surface area contributed by atoms with Crippen LogP contribution in [0.2, 0.25) is 0 Å². The van der Waals surface area contributed by atoms with Crippen molar-refractivity contribution >= 4 is 24.8 Å². The Morgan fingerprint density at radius 3 is 2.39 bits per heavy atom. The zero-order chi connectivity index (χ0) is 11.5. The number of benzene rings is 1. The molecular formula is C13H22Cl2N2O. The Balaban J connectivity index is 0.00000144. The van der Waals surface area contributed by atoms with Crippen LogP contribution in [0.25, 0.3) is 0 Å². The highest BCUT2D eigenvalue weighted by molar-refractivity contribution is 5.85. The molecule has 1 saturated heterocycles. The van der Waals surface area contributed by atoms with Crippen LogP contribution >= 0.6 is 24.8 Å². The average molecular weight is 293 g/mol. The van der Waals surface area contributed by atoms with E-state index >= 15 is 0 Å². The summed E-state index contributed by atoms with van der Waals surface area (Å²) in [6.45, 7) is 8.34. The lowest BCUT2D eigenvalue weighted by molar-refractivity contribution is 0.183. The van der Waals surface area contributed by atoms with E-state index in [1.54, 1.807) is 0 Å². The Morgan fingerprint density at radius 1 is 1.22 bits per heavy atom. The van der Waals surface area contributed by atoms with Crippen LogP contribution < -0.4 is 5.32 Å². The van der Waals surface area contributed by atoms with Gasteiger partial charge in [0.15, 0.2) is 0 Å². The molecule has 1 atom stereocenters. The van der Waals surface area contributed by atoms with Crippen LogP contribution in [-0.2, 0) is 0 Å². The first-order valence-electron chi connectivity index (χ1n) is 5.93. The monoisotopic (exact) mass is 292 g/mol. The number of hydrogen-bond donors (Lipinski definition) is 2. The Bertz CT molecular complexity index is 368. The maximum absolute atomic E-state index is 9.95. The fourth-order valence-corrected chi connectivity index (χ4v) is 2.27. The molecule has 0 saturated carbocycles. The van der Waals surface area contributed by atoms with E-state index in [2.05, 4.69) is 23.2 Å². The second-order valence-corrected chi connectivity index (χ2v) is 4.52. The summed E-state index contributed by atoms with van der Waals surface area (Å²) in [6.07, 6.45) is 0. The van der Waals surface area contributed by atoms with Gasteiger partial charge in [-0.3, -0.25) is 4.90 Å². The van der Waals surface area contributed by atoms with Crippen molar-refractivity contribution in [3.8, 4) is 5.75 Å². The van der Waals surface area contributed by atoms with Crippen LogP contribution in [0.3, 0.4) is 0 Å². The fourth-order valence-electron chi connectivity index (χ4n) is 2.27. The predicted octanol–water partition coefficient (Wildman–Crippen LogP) is 2.51. The first kappa shape index (κ1) is 17.5. The molecule has 1 aliphatic rings. The zero-order valence-electron chi connectivity index (χ0n) is 10.8. The Hall–Kier alpha value is -0.480. The lowest BCUT2D eigenvalue weighted by Crippen LogP contribution is -2.44. The largest absolute Gasteiger partial charge is 0.508 e. The van der Waals surface area contributed by atoms with Gasteiger partial charge in [0.05, 0.1) is 0 Å². The molecule has 0 amide bonds. The SMILES string of the molecule is Cc1ccc([C@H](C)N2CCNCC2)c(O)c1.Cl.Cl. The standard InChI is InChI=1S/C13H20N2O.2ClH/c1-10-3-4-12(13(16)9-10)11(2)15-7-5-14-6-8-15;;/h3-4,9,11,14,16H,5-8H2,1-2H3;2*1H/t11-;;/m0../s1. The third-order valence-electron chi connectivity index (χ3n) is 3.34. The van der Waals surface area contributed by atoms with Crippen LogP contribution in [0.4, 0.5) is 0 Å². The van der Waals surface area contributed by atoms with Gasteiger partial charge in [0.2, 0.25) is 0 Å². The van der Waals surface area contributed by atoms with Crippen molar-refractivity contribution in [1.29, 1.82) is 0 Å². The second kappa shape index (κ2) is 7.85. The Labute approximate surface area is 121 Å². The molecule has 0 aromatic heterocycles. The number of phenolic OH excluding ortho intramolecular Hbond substituents is 1. The van der Waals surface area contributed by atoms with E-state index in [4.69, 9.17) is 0 Å². The lowest BCUT2D eigenvalue weighted by Gasteiger charge is -2.33. The van der Waals surface area contributed by atoms with Gasteiger partial charge in [-0.25, -0.2) is 0 Å². The number of nitrogens with one attached hydrogen (secondary N) is 1. The van der Waals surface area contributed by atoms with Gasteiger partial charge in [-0.2, -0.15) is 0 Å². The Kier molecular flexibility index (Phi) is 7.64. The summed E-state index contributed by atoms with van der Waals surface area (Å²) in [5.41, 5.74) is 2.14. The van der Waals surface area contributed by atoms with Gasteiger partial charge in [-0.05, 0) is 25.5 Å². The predicted molar refractivity (Wildman–Crippen MR) is 80.2 cm³/mol. The van der Waals surface area contributed by atoms with Crippen LogP contribution in [0.5, 0.6) is 5.75 Å². The highest BCUT2D eigenvalue weighted by Gasteiger charge is 2.19. The summed E-state index contributed by atoms with van der Waals surface area (Å²) in [6, 6.07) is 6.24. The van der Waals surface area contributed by atoms with Gasteiger partial charge in [-0.15, -0.1) is 24.8 Å². The molecule has 2 N–H and O–H groups in total. The number of piperazine rings is 1. The normalized spacial score (nSPS) is 17.4. The van der Waals surface area contributed by atoms with Crippen molar-refractivity contribution in [3.63, 3.8) is 0 Å². The highest BCUT2D eigenvalue weighted by Crippen LogP contribution is 2.29. The number of aromatic hydroxyl groups is 1. The van der Waals surface area contributed by atoms with Gasteiger partial charge in [0, 0.05) is 37.8 Å². The summed E-state index contributed by atoms with van der Waals surface area (Å²) < 4.78 is 0. The van der Waals surface area contributed by atoms with Crippen LogP contribution in [0.15, 0.2) is 18.2 Å². The summed E-state index contributed by atoms with van der Waals surface area (Å²) in [5, 5.41) is 13.3. The van der Waals surface area contributed by atoms with Gasteiger partial charge in [-0.1, -0.05) is 12.1 Å². The van der Waals surface area contributed by atoms with Crippen LogP contribution in [-0.4, -0.2) is 36.2 Å². The molecule has 0 spiro atoms. The molecule has 1 aliphatic heterocycles. The molecule has 104 valence electrons. The molecule has 0 unspecified atom stereocenters. The van der Waals surface area contributed by atoms with Crippen LogP contribution in [0, 0.1) is 6.92 Å². The maximum atomic E-state index is 9.95. The minimum Gasteiger partial charge on any atom is -0.508 e. The molecule has 5 heteroatoms. The number of nitrogens with zero attached hydrogens (tertiary/aromatic N) is 1. The van der Waals surface area contributed by atoms with E-state index in [1.165, 1.54) is 0 Å². The van der Waals surface area contributed by atoms with Crippen molar-refractivity contribution < 1.29 is 5.11 Å². The van der Waals surface area contributed by atoms with Gasteiger partial charge in [0.1, 0.15) is 5.75 Å². The molecule has 1 heterocycles. The van der Waals surface area contributed by atoms with E-state index in [1.807, 2.05) is 19.1 Å². The first-order chi connectivity index (χ1) is 7.68. The van der Waals surface area contributed by atoms with Crippen molar-refractivity contribution in [1.82, 2.24) is 10.2 Å². The Morgan fingerprint density at radius 2 is 1.83 bits per heavy atom. The summed E-state index contributed by atoms with van der Waals surface area (Å²) in [5.74, 6) is 0.422. The van der Waals surface area contributed by atoms with E-state index in [-0.39, 0.29) is 24.8 Å². The van der Waals surface area contributed by atoms with Crippen molar-refractivity contribution in [2.45, 2.75) is 19.9 Å². The van der Waals surface area contributed by atoms with Gasteiger partial charge >= 0.3 is 0 Å². The van der Waals surface area contributed by atoms with E-state index in [0.717, 1.165) is 37.3 Å². The molecule has 1 fully saturated rings. The molecular weight excluding hydrogens is 271 g/mol. The third-order valence-corrected chi connectivity index (χ3v) is 3.34.